The van der Waals surface area contributed by atoms with E-state index in [4.69, 9.17) is 28.4 Å². The Morgan fingerprint density at radius 1 is 0.900 bits per heavy atom. The van der Waals surface area contributed by atoms with Gasteiger partial charge in [0.15, 0.2) is 0 Å². The molecule has 3 aromatic carbocycles. The lowest BCUT2D eigenvalue weighted by atomic mass is 9.83. The van der Waals surface area contributed by atoms with Crippen molar-refractivity contribution < 1.29 is 42.6 Å². The number of aryl methyl sites for hydroxylation is 1. The van der Waals surface area contributed by atoms with E-state index in [1.807, 2.05) is 49.5 Å². The van der Waals surface area contributed by atoms with Gasteiger partial charge in [0.05, 0.1) is 30.6 Å². The zero-order valence-electron chi connectivity index (χ0n) is 49.8. The number of aliphatic imine (C=N–C) groups is 1. The minimum absolute atomic E-state index is 0.0602. The molecule has 5 heterocycles. The number of amides is 3. The zero-order chi connectivity index (χ0) is 57.8. The van der Waals surface area contributed by atoms with E-state index in [1.54, 1.807) is 44.9 Å². The van der Waals surface area contributed by atoms with E-state index in [1.165, 1.54) is 5.01 Å². The fourth-order valence-corrected chi connectivity index (χ4v) is 17.6. The number of cyclic esters (lactones) is 1. The van der Waals surface area contributed by atoms with Crippen molar-refractivity contribution in [3.63, 3.8) is 0 Å². The molecule has 3 amide bonds. The second kappa shape index (κ2) is 24.8. The Kier molecular flexibility index (Phi) is 18.6. The molecule has 0 saturated carbocycles. The van der Waals surface area contributed by atoms with Crippen LogP contribution in [0.3, 0.4) is 0 Å². The smallest absolute Gasteiger partial charge is 0.410 e. The second-order valence-electron chi connectivity index (χ2n) is 24.8. The summed E-state index contributed by atoms with van der Waals surface area (Å²) in [5, 5.41) is 5.35. The predicted octanol–water partition coefficient (Wildman–Crippen LogP) is 11.3. The molecule has 1 fully saturated rings. The third-order valence-electron chi connectivity index (χ3n) is 16.3. The number of carbonyl (C=O) groups is 4. The number of aromatic nitrogens is 1. The maximum Gasteiger partial charge on any atom is 0.410 e. The largest absolute Gasteiger partial charge is 0.543 e. The van der Waals surface area contributed by atoms with Gasteiger partial charge in [0, 0.05) is 80.4 Å². The lowest BCUT2D eigenvalue weighted by Gasteiger charge is -2.42. The third-order valence-corrected chi connectivity index (χ3v) is 22.3. The second-order valence-corrected chi connectivity index (χ2v) is 30.2. The number of fused-ring (bicyclic) bond motifs is 6. The molecule has 4 atom stereocenters. The number of alkyl carbamates (subject to hydrolysis) is 1. The standard InChI is InChI=1S/C63H87N7O9Si/c1-15-69-55-24-23-46-34-50(55)52(57(69)51-35-48(37-64-56(51)43(8)75-14)67-26-28-68(29-27-67)61(74)76-38-44-20-17-16-18-21-44)36-63(12,13)39-77-59(72)53-22-19-25-70(66-53)58(71)54(65-60(73)78-62(9,10)11)32-45-30-47(46)33-49(31-45)79-80(40(2)3,41(4)5)42(6)7/h16-24,30-31,33-34,37,40-43,48,53-54,66H,15,25-29,32,35-36,38-39H2,1-14H3,(H,65,73)/t43-,48+,53-,54-/m0/s1. The van der Waals surface area contributed by atoms with Crippen LogP contribution in [0.15, 0.2) is 89.6 Å². The fourth-order valence-electron chi connectivity index (χ4n) is 12.4. The minimum Gasteiger partial charge on any atom is -0.543 e. The number of hydrogen-bond donors (Lipinski definition) is 2. The summed E-state index contributed by atoms with van der Waals surface area (Å²) in [5.41, 5.74) is 11.3. The van der Waals surface area contributed by atoms with Gasteiger partial charge < -0.3 is 38.2 Å². The van der Waals surface area contributed by atoms with E-state index in [0.29, 0.717) is 51.3 Å². The highest BCUT2D eigenvalue weighted by Gasteiger charge is 2.47. The zero-order valence-corrected chi connectivity index (χ0v) is 50.8. The van der Waals surface area contributed by atoms with Crippen molar-refractivity contribution in [1.82, 2.24) is 30.1 Å². The molecular weight excluding hydrogens is 1030 g/mol. The summed E-state index contributed by atoms with van der Waals surface area (Å²) in [6.45, 7) is 30.9. The van der Waals surface area contributed by atoms with Crippen LogP contribution in [0.5, 0.6) is 5.75 Å². The van der Waals surface area contributed by atoms with Crippen LogP contribution in [-0.4, -0.2) is 134 Å². The van der Waals surface area contributed by atoms with Crippen LogP contribution in [0, 0.1) is 5.41 Å². The van der Waals surface area contributed by atoms with E-state index in [0.717, 1.165) is 55.7 Å². The summed E-state index contributed by atoms with van der Waals surface area (Å²) in [6.07, 6.45) is 5.44. The van der Waals surface area contributed by atoms with Crippen molar-refractivity contribution in [1.29, 1.82) is 0 Å². The van der Waals surface area contributed by atoms with E-state index in [2.05, 4.69) is 113 Å². The number of hydrogen-bond acceptors (Lipinski definition) is 12. The molecule has 0 radical (unpaired) electrons. The number of nitrogens with zero attached hydrogens (tertiary/aromatic N) is 5. The first-order valence-corrected chi connectivity index (χ1v) is 30.9. The van der Waals surface area contributed by atoms with Crippen LogP contribution < -0.4 is 15.2 Å². The molecule has 4 aliphatic heterocycles. The number of rotatable bonds is 13. The van der Waals surface area contributed by atoms with Crippen LogP contribution in [0.4, 0.5) is 9.59 Å². The lowest BCUT2D eigenvalue weighted by Crippen LogP contribution is -2.59. The van der Waals surface area contributed by atoms with Gasteiger partial charge in [-0.05, 0) is 116 Å². The molecule has 4 aliphatic rings. The quantitative estimate of drug-likeness (QED) is 0.0566. The number of nitrogens with one attached hydrogen (secondary N) is 2. The average molecular weight is 1110 g/mol. The number of carbonyl (C=O) groups excluding carboxylic acids is 4. The van der Waals surface area contributed by atoms with Crippen molar-refractivity contribution >= 4 is 55.1 Å². The van der Waals surface area contributed by atoms with Crippen LogP contribution in [0.1, 0.15) is 119 Å². The molecule has 0 spiro atoms. The molecule has 0 aliphatic carbocycles. The van der Waals surface area contributed by atoms with Gasteiger partial charge in [-0.2, -0.15) is 0 Å². The van der Waals surface area contributed by atoms with Gasteiger partial charge in [-0.3, -0.25) is 19.7 Å². The molecule has 1 saturated heterocycles. The van der Waals surface area contributed by atoms with Crippen molar-refractivity contribution in [3.05, 3.63) is 107 Å². The highest BCUT2D eigenvalue weighted by molar-refractivity contribution is 6.78. The Labute approximate surface area is 475 Å². The first-order chi connectivity index (χ1) is 37.9. The van der Waals surface area contributed by atoms with Gasteiger partial charge in [0.2, 0.25) is 0 Å². The summed E-state index contributed by atoms with van der Waals surface area (Å²) in [7, 11) is -0.803. The van der Waals surface area contributed by atoms with Crippen molar-refractivity contribution in [3.8, 4) is 16.9 Å². The van der Waals surface area contributed by atoms with Crippen LogP contribution >= 0.6 is 0 Å². The normalized spacial score (nSPS) is 20.8. The molecule has 1 aromatic heterocycles. The lowest BCUT2D eigenvalue weighted by molar-refractivity contribution is -0.151. The van der Waals surface area contributed by atoms with Gasteiger partial charge in [0.1, 0.15) is 30.0 Å². The SMILES string of the molecule is CCn1c(C2=C([C@H](C)OC)N=C[C@H](N3CCN(C(=O)OCc4ccccc4)CC3)C2)c2c3cc(ccc31)-c1cc(cc(O[Si](C(C)C)(C(C)C)C(C)C)c1)C[C@H](NC(=O)OC(C)(C)C)C(=O)N1CC=C[C@H](N1)C(=O)OCC(C)(C)C2. The molecule has 2 N–H and O–H groups in total. The fraction of sp³-hybridized carbons (Fsp3) is 0.540. The monoisotopic (exact) mass is 1110 g/mol. The number of benzene rings is 3. The summed E-state index contributed by atoms with van der Waals surface area (Å²) < 4.78 is 33.7. The first-order valence-electron chi connectivity index (χ1n) is 28.8. The molecule has 16 nitrogen and oxygen atoms in total. The number of esters is 1. The van der Waals surface area contributed by atoms with Gasteiger partial charge >= 0.3 is 18.2 Å². The number of ether oxygens (including phenoxy) is 4. The Balaban J connectivity index is 1.26. The van der Waals surface area contributed by atoms with Crippen molar-refractivity contribution in [2.24, 2.45) is 10.4 Å². The summed E-state index contributed by atoms with van der Waals surface area (Å²) in [5.74, 6) is -0.249. The minimum atomic E-state index is -2.52. The van der Waals surface area contributed by atoms with E-state index in [-0.39, 0.29) is 61.0 Å². The summed E-state index contributed by atoms with van der Waals surface area (Å²) >= 11 is 0. The number of methoxy groups -OCH3 is 1. The molecule has 4 aromatic rings. The number of piperazine rings is 1. The van der Waals surface area contributed by atoms with Crippen LogP contribution in [0.25, 0.3) is 27.6 Å². The molecular formula is C63H87N7O9Si. The van der Waals surface area contributed by atoms with Crippen LogP contribution in [0.2, 0.25) is 16.6 Å². The molecule has 432 valence electrons. The highest BCUT2D eigenvalue weighted by atomic mass is 28.4. The van der Waals surface area contributed by atoms with Gasteiger partial charge in [-0.1, -0.05) is 110 Å². The Morgan fingerprint density at radius 3 is 2.25 bits per heavy atom. The topological polar surface area (TPSA) is 165 Å². The maximum atomic E-state index is 14.8. The Morgan fingerprint density at radius 2 is 1.60 bits per heavy atom. The van der Waals surface area contributed by atoms with Crippen molar-refractivity contribution in [2.75, 3.05) is 46.4 Å². The van der Waals surface area contributed by atoms with Gasteiger partial charge in [0.25, 0.3) is 14.2 Å². The first kappa shape index (κ1) is 59.8. The average Bonchev–Trinajstić information content (AvgIpc) is 3.77. The molecule has 8 rings (SSSR count). The summed E-state index contributed by atoms with van der Waals surface area (Å²) in [4.78, 5) is 65.4. The number of hydrazine groups is 1. The van der Waals surface area contributed by atoms with Crippen LogP contribution in [-0.2, 0) is 54.5 Å². The van der Waals surface area contributed by atoms with Crippen molar-refractivity contribution in [2.45, 2.75) is 169 Å². The van der Waals surface area contributed by atoms with E-state index < -0.39 is 49.4 Å². The maximum absolute atomic E-state index is 14.8. The van der Waals surface area contributed by atoms with Gasteiger partial charge in [-0.15, -0.1) is 0 Å². The highest BCUT2D eigenvalue weighted by Crippen LogP contribution is 2.46. The summed E-state index contributed by atoms with van der Waals surface area (Å²) in [6, 6.07) is 20.5. The van der Waals surface area contributed by atoms with Gasteiger partial charge in [-0.25, -0.2) is 19.8 Å². The van der Waals surface area contributed by atoms with E-state index in [9.17, 15) is 19.2 Å². The third kappa shape index (κ3) is 13.4. The molecule has 80 heavy (non-hydrogen) atoms. The molecule has 0 unspecified atom stereocenters. The Bertz CT molecular complexity index is 2960. The van der Waals surface area contributed by atoms with E-state index >= 15 is 0 Å². The predicted molar refractivity (Wildman–Crippen MR) is 318 cm³/mol. The molecule has 6 bridgehead atoms. The molecule has 17 heteroatoms. The Hall–Kier alpha value is -6.27.